The molecule has 2 heterocycles. The Balaban J connectivity index is 1.48. The molecule has 5 nitrogen and oxygen atoms in total. The van der Waals surface area contributed by atoms with Gasteiger partial charge in [0, 0.05) is 43.2 Å². The van der Waals surface area contributed by atoms with Crippen LogP contribution in [-0.2, 0) is 0 Å². The lowest BCUT2D eigenvalue weighted by molar-refractivity contribution is 0.0943. The van der Waals surface area contributed by atoms with Crippen molar-refractivity contribution in [2.24, 2.45) is 17.6 Å². The first-order valence-corrected chi connectivity index (χ1v) is 12.8. The zero-order chi connectivity index (χ0) is 22.9. The Labute approximate surface area is 211 Å². The van der Waals surface area contributed by atoms with Crippen LogP contribution >= 0.6 is 34.2 Å². The van der Waals surface area contributed by atoms with Crippen LogP contribution in [-0.4, -0.2) is 29.0 Å². The minimum absolute atomic E-state index is 0.0514. The summed E-state index contributed by atoms with van der Waals surface area (Å²) >= 11 is 8.53. The summed E-state index contributed by atoms with van der Waals surface area (Å²) in [6, 6.07) is 13.7. The van der Waals surface area contributed by atoms with E-state index < -0.39 is 0 Å². The fraction of sp³-hybridized carbons (Fsp3) is 0.308. The predicted octanol–water partition coefficient (Wildman–Crippen LogP) is 6.14. The lowest BCUT2D eigenvalue weighted by atomic mass is 9.82. The second-order valence-electron chi connectivity index (χ2n) is 8.94. The number of amides is 1. The highest BCUT2D eigenvalue weighted by atomic mass is 127. The maximum absolute atomic E-state index is 13.4. The Morgan fingerprint density at radius 1 is 1.09 bits per heavy atom. The van der Waals surface area contributed by atoms with Crippen LogP contribution < -0.4 is 11.1 Å². The van der Waals surface area contributed by atoms with Crippen molar-refractivity contribution >= 4 is 61.9 Å². The average molecular weight is 573 g/mol. The van der Waals surface area contributed by atoms with Gasteiger partial charge < -0.3 is 16.0 Å². The largest absolute Gasteiger partial charge is 0.360 e. The summed E-state index contributed by atoms with van der Waals surface area (Å²) in [5.41, 5.74) is 9.95. The molecule has 2 aromatic heterocycles. The summed E-state index contributed by atoms with van der Waals surface area (Å²) in [4.78, 5) is 21.6. The first-order valence-electron chi connectivity index (χ1n) is 11.4. The number of nitrogens with two attached hydrogens (primary N) is 1. The summed E-state index contributed by atoms with van der Waals surface area (Å²) < 4.78 is 1.07. The third-order valence-electron chi connectivity index (χ3n) is 6.79. The molecule has 170 valence electrons. The minimum Gasteiger partial charge on any atom is -0.360 e. The number of nitrogens with one attached hydrogen (secondary N) is 2. The van der Waals surface area contributed by atoms with Crippen LogP contribution in [0.25, 0.3) is 33.1 Å². The molecular weight excluding hydrogens is 547 g/mol. The van der Waals surface area contributed by atoms with Crippen molar-refractivity contribution < 1.29 is 4.79 Å². The van der Waals surface area contributed by atoms with Gasteiger partial charge in [0.15, 0.2) is 0 Å². The van der Waals surface area contributed by atoms with Crippen molar-refractivity contribution in [2.45, 2.75) is 25.7 Å². The molecule has 1 saturated carbocycles. The van der Waals surface area contributed by atoms with Gasteiger partial charge in [-0.05, 0) is 109 Å². The van der Waals surface area contributed by atoms with E-state index in [1.165, 1.54) is 0 Å². The molecule has 1 aliphatic carbocycles. The highest BCUT2D eigenvalue weighted by molar-refractivity contribution is 14.1. The van der Waals surface area contributed by atoms with Gasteiger partial charge in [0.05, 0.1) is 16.8 Å². The number of rotatable bonds is 5. The fourth-order valence-electron chi connectivity index (χ4n) is 4.83. The number of halogens is 2. The third-order valence-corrected chi connectivity index (χ3v) is 7.69. The minimum atomic E-state index is -0.0514. The van der Waals surface area contributed by atoms with Crippen molar-refractivity contribution in [1.29, 1.82) is 0 Å². The molecule has 33 heavy (non-hydrogen) atoms. The quantitative estimate of drug-likeness (QED) is 0.251. The summed E-state index contributed by atoms with van der Waals surface area (Å²) in [7, 11) is 0. The van der Waals surface area contributed by atoms with Gasteiger partial charge >= 0.3 is 0 Å². The molecule has 0 radical (unpaired) electrons. The summed E-state index contributed by atoms with van der Waals surface area (Å²) in [6.45, 7) is 1.46. The van der Waals surface area contributed by atoms with Gasteiger partial charge in [-0.2, -0.15) is 0 Å². The number of carbonyl (C=O) groups is 1. The molecule has 1 amide bonds. The van der Waals surface area contributed by atoms with Crippen molar-refractivity contribution in [3.63, 3.8) is 0 Å². The first kappa shape index (κ1) is 22.6. The van der Waals surface area contributed by atoms with Gasteiger partial charge in [0.1, 0.15) is 0 Å². The second kappa shape index (κ2) is 9.60. The molecule has 4 N–H and O–H groups in total. The van der Waals surface area contributed by atoms with Crippen LogP contribution in [0, 0.1) is 15.4 Å². The highest BCUT2D eigenvalue weighted by Crippen LogP contribution is 2.33. The second-order valence-corrected chi connectivity index (χ2v) is 10.6. The van der Waals surface area contributed by atoms with Crippen LogP contribution in [0.3, 0.4) is 0 Å². The molecule has 2 aromatic carbocycles. The van der Waals surface area contributed by atoms with Gasteiger partial charge in [-0.1, -0.05) is 11.6 Å². The zero-order valence-corrected chi connectivity index (χ0v) is 21.1. The van der Waals surface area contributed by atoms with Gasteiger partial charge in [0.25, 0.3) is 5.91 Å². The van der Waals surface area contributed by atoms with E-state index in [-0.39, 0.29) is 5.91 Å². The number of hydrogen-bond acceptors (Lipinski definition) is 3. The van der Waals surface area contributed by atoms with E-state index in [1.807, 2.05) is 48.7 Å². The molecule has 5 rings (SSSR count). The van der Waals surface area contributed by atoms with Crippen molar-refractivity contribution in [3.8, 4) is 11.3 Å². The Bertz CT molecular complexity index is 1330. The Kier molecular flexibility index (Phi) is 6.58. The number of carbonyl (C=O) groups excluding carboxylic acids is 1. The first-order chi connectivity index (χ1) is 16.0. The zero-order valence-electron chi connectivity index (χ0n) is 18.2. The lowest BCUT2D eigenvalue weighted by Crippen LogP contribution is -2.32. The van der Waals surface area contributed by atoms with Gasteiger partial charge in [-0.25, -0.2) is 4.98 Å². The molecule has 1 fully saturated rings. The van der Waals surface area contributed by atoms with E-state index in [1.54, 1.807) is 0 Å². The Hall–Kier alpha value is -2.16. The smallest absolute Gasteiger partial charge is 0.252 e. The van der Waals surface area contributed by atoms with Crippen molar-refractivity contribution in [1.82, 2.24) is 15.3 Å². The molecule has 4 aromatic rings. The predicted molar refractivity (Wildman–Crippen MR) is 144 cm³/mol. The van der Waals surface area contributed by atoms with Gasteiger partial charge in [-0.3, -0.25) is 4.79 Å². The molecule has 0 saturated heterocycles. The van der Waals surface area contributed by atoms with Crippen molar-refractivity contribution in [2.75, 3.05) is 13.1 Å². The Morgan fingerprint density at radius 2 is 1.88 bits per heavy atom. The Morgan fingerprint density at radius 3 is 2.67 bits per heavy atom. The van der Waals surface area contributed by atoms with E-state index in [0.29, 0.717) is 29.0 Å². The van der Waals surface area contributed by atoms with Crippen LogP contribution in [0.4, 0.5) is 0 Å². The summed E-state index contributed by atoms with van der Waals surface area (Å²) in [5, 5.41) is 5.73. The van der Waals surface area contributed by atoms with Gasteiger partial charge in [-0.15, -0.1) is 0 Å². The van der Waals surface area contributed by atoms with Gasteiger partial charge in [0.2, 0.25) is 0 Å². The molecule has 7 heteroatoms. The van der Waals surface area contributed by atoms with Crippen LogP contribution in [0.5, 0.6) is 0 Å². The number of nitrogens with zero attached hydrogens (tertiary/aromatic N) is 1. The normalized spacial score (nSPS) is 18.6. The monoisotopic (exact) mass is 572 g/mol. The van der Waals surface area contributed by atoms with E-state index >= 15 is 0 Å². The van der Waals surface area contributed by atoms with Crippen LogP contribution in [0.2, 0.25) is 5.02 Å². The number of H-pyrrole nitrogens is 1. The molecule has 0 bridgehead atoms. The summed E-state index contributed by atoms with van der Waals surface area (Å²) in [5.74, 6) is 1.10. The molecular formula is C26H26ClIN4O. The molecule has 1 aliphatic rings. The van der Waals surface area contributed by atoms with E-state index in [4.69, 9.17) is 22.3 Å². The number of fused-ring (bicyclic) bond motifs is 2. The number of benzene rings is 2. The number of hydrogen-bond donors (Lipinski definition) is 3. The van der Waals surface area contributed by atoms with E-state index in [2.05, 4.69) is 32.9 Å². The SMILES string of the molecule is NCC1CCC(CNC(=O)c2cc(-c3c[nH]c4ccc(Cl)cc34)nc3ccc(I)cc23)CC1. The average Bonchev–Trinajstić information content (AvgIpc) is 3.25. The van der Waals surface area contributed by atoms with Crippen molar-refractivity contribution in [3.05, 3.63) is 62.8 Å². The van der Waals surface area contributed by atoms with Crippen LogP contribution in [0.1, 0.15) is 36.0 Å². The molecule has 0 atom stereocenters. The van der Waals surface area contributed by atoms with E-state index in [0.717, 1.165) is 68.9 Å². The highest BCUT2D eigenvalue weighted by Gasteiger charge is 2.22. The fourth-order valence-corrected chi connectivity index (χ4v) is 5.50. The number of aromatic amines is 1. The molecule has 0 aliphatic heterocycles. The maximum atomic E-state index is 13.4. The lowest BCUT2D eigenvalue weighted by Gasteiger charge is -2.27. The van der Waals surface area contributed by atoms with Crippen LogP contribution in [0.15, 0.2) is 48.7 Å². The third kappa shape index (κ3) is 4.74. The standard InChI is InChI=1S/C26H26ClIN4O/c27-17-5-7-23-19(9-17)22(14-30-23)25-11-21(20-10-18(28)6-8-24(20)32-25)26(33)31-13-16-3-1-15(12-29)2-4-16/h5-11,14-16,30H,1-4,12-13,29H2,(H,31,33). The molecule has 0 spiro atoms. The maximum Gasteiger partial charge on any atom is 0.252 e. The molecule has 0 unspecified atom stereocenters. The van der Waals surface area contributed by atoms with E-state index in [9.17, 15) is 4.79 Å². The number of aromatic nitrogens is 2. The summed E-state index contributed by atoms with van der Waals surface area (Å²) in [6.07, 6.45) is 6.48. The topological polar surface area (TPSA) is 83.8 Å². The number of pyridine rings is 1.